The lowest BCUT2D eigenvalue weighted by atomic mass is 10.2. The Kier molecular flexibility index (Phi) is 6.04. The third-order valence-corrected chi connectivity index (χ3v) is 3.56. The monoisotopic (exact) mass is 362 g/mol. The number of hydrogen-bond acceptors (Lipinski definition) is 4. The van der Waals surface area contributed by atoms with Gasteiger partial charge in [0.05, 0.1) is 19.1 Å². The lowest BCUT2D eigenvalue weighted by molar-refractivity contribution is -0.121. The fourth-order valence-corrected chi connectivity index (χ4v) is 2.26. The van der Waals surface area contributed by atoms with E-state index in [2.05, 4.69) is 10.6 Å². The molecule has 6 nitrogen and oxygen atoms in total. The second kappa shape index (κ2) is 9.05. The van der Waals surface area contributed by atoms with Crippen molar-refractivity contribution in [2.75, 3.05) is 0 Å². The quantitative estimate of drug-likeness (QED) is 0.631. The van der Waals surface area contributed by atoms with Crippen molar-refractivity contribution in [3.8, 4) is 0 Å². The number of carbonyl (C=O) groups excluding carboxylic acids is 2. The lowest BCUT2D eigenvalue weighted by Crippen LogP contribution is -2.33. The first-order valence-electron chi connectivity index (χ1n) is 8.30. The molecule has 6 heteroatoms. The summed E-state index contributed by atoms with van der Waals surface area (Å²) in [6.07, 6.45) is 7.51. The van der Waals surface area contributed by atoms with Crippen LogP contribution in [0.15, 0.2) is 87.7 Å². The summed E-state index contributed by atoms with van der Waals surface area (Å²) in [6, 6.07) is 16.3. The van der Waals surface area contributed by atoms with Crippen LogP contribution in [0.2, 0.25) is 0 Å². The summed E-state index contributed by atoms with van der Waals surface area (Å²) in [5.74, 6) is 0.176. The number of rotatable bonds is 7. The fourth-order valence-electron chi connectivity index (χ4n) is 2.26. The first kappa shape index (κ1) is 18.0. The predicted octanol–water partition coefficient (Wildman–Crippen LogP) is 3.36. The van der Waals surface area contributed by atoms with Gasteiger partial charge in [0.1, 0.15) is 17.2 Å². The highest BCUT2D eigenvalue weighted by Crippen LogP contribution is 2.07. The zero-order valence-corrected chi connectivity index (χ0v) is 14.4. The minimum absolute atomic E-state index is 0.0687. The number of amides is 2. The summed E-state index contributed by atoms with van der Waals surface area (Å²) < 4.78 is 10.4. The molecule has 1 aromatic carbocycles. The van der Waals surface area contributed by atoms with Crippen LogP contribution in [-0.4, -0.2) is 11.8 Å². The highest BCUT2D eigenvalue weighted by molar-refractivity contribution is 6.04. The van der Waals surface area contributed by atoms with E-state index in [9.17, 15) is 9.59 Å². The Balaban J connectivity index is 1.68. The van der Waals surface area contributed by atoms with Crippen LogP contribution >= 0.6 is 0 Å². The van der Waals surface area contributed by atoms with E-state index in [1.165, 1.54) is 24.7 Å². The standard InChI is InChI=1S/C21H18N2O4/c24-20(11-10-16-6-2-1-3-7-16)23-19(14-17-8-4-12-26-17)21(25)22-15-18-9-5-13-27-18/h1-14H,15H2,(H,22,25)(H,23,24). The smallest absolute Gasteiger partial charge is 0.268 e. The molecule has 2 N–H and O–H groups in total. The average molecular weight is 362 g/mol. The first-order chi connectivity index (χ1) is 13.2. The van der Waals surface area contributed by atoms with Crippen molar-refractivity contribution < 1.29 is 18.4 Å². The third-order valence-electron chi connectivity index (χ3n) is 3.56. The van der Waals surface area contributed by atoms with E-state index in [4.69, 9.17) is 8.83 Å². The summed E-state index contributed by atoms with van der Waals surface area (Å²) in [7, 11) is 0. The van der Waals surface area contributed by atoms with Crippen molar-refractivity contribution in [3.63, 3.8) is 0 Å². The molecule has 136 valence electrons. The third kappa shape index (κ3) is 5.61. The van der Waals surface area contributed by atoms with Crippen molar-refractivity contribution in [2.45, 2.75) is 6.54 Å². The van der Waals surface area contributed by atoms with Gasteiger partial charge in [-0.1, -0.05) is 30.3 Å². The van der Waals surface area contributed by atoms with Crippen molar-refractivity contribution in [1.82, 2.24) is 10.6 Å². The van der Waals surface area contributed by atoms with E-state index in [0.29, 0.717) is 11.5 Å². The van der Waals surface area contributed by atoms with E-state index in [1.807, 2.05) is 30.3 Å². The lowest BCUT2D eigenvalue weighted by Gasteiger charge is -2.08. The Hall–Kier alpha value is -3.80. The molecule has 3 aromatic rings. The number of furan rings is 2. The topological polar surface area (TPSA) is 84.5 Å². The van der Waals surface area contributed by atoms with Crippen LogP contribution in [0.3, 0.4) is 0 Å². The highest BCUT2D eigenvalue weighted by atomic mass is 16.3. The predicted molar refractivity (Wildman–Crippen MR) is 101 cm³/mol. The number of nitrogens with one attached hydrogen (secondary N) is 2. The van der Waals surface area contributed by atoms with Crippen molar-refractivity contribution in [2.24, 2.45) is 0 Å². The molecule has 2 aromatic heterocycles. The minimum atomic E-state index is -0.454. The molecule has 0 saturated heterocycles. The Morgan fingerprint density at radius 1 is 0.926 bits per heavy atom. The Morgan fingerprint density at radius 3 is 2.41 bits per heavy atom. The zero-order valence-electron chi connectivity index (χ0n) is 14.4. The molecule has 3 rings (SSSR count). The molecule has 0 radical (unpaired) electrons. The second-order valence-electron chi connectivity index (χ2n) is 5.57. The molecular formula is C21H18N2O4. The Labute approximate surface area is 156 Å². The summed E-state index contributed by atoms with van der Waals surface area (Å²) in [6.45, 7) is 0.205. The summed E-state index contributed by atoms with van der Waals surface area (Å²) in [4.78, 5) is 24.7. The first-order valence-corrected chi connectivity index (χ1v) is 8.30. The average Bonchev–Trinajstić information content (AvgIpc) is 3.39. The van der Waals surface area contributed by atoms with Gasteiger partial charge in [0.2, 0.25) is 5.91 Å². The molecule has 27 heavy (non-hydrogen) atoms. The summed E-state index contributed by atoms with van der Waals surface area (Å²) >= 11 is 0. The van der Waals surface area contributed by atoms with Gasteiger partial charge in [-0.05, 0) is 35.9 Å². The van der Waals surface area contributed by atoms with E-state index in [-0.39, 0.29) is 12.2 Å². The van der Waals surface area contributed by atoms with E-state index in [1.54, 1.807) is 30.3 Å². The Morgan fingerprint density at radius 2 is 1.70 bits per heavy atom. The van der Waals surface area contributed by atoms with Gasteiger partial charge < -0.3 is 19.5 Å². The molecule has 2 heterocycles. The summed E-state index contributed by atoms with van der Waals surface area (Å²) in [5.41, 5.74) is 0.950. The number of hydrogen-bond donors (Lipinski definition) is 2. The van der Waals surface area contributed by atoms with Crippen LogP contribution in [0.25, 0.3) is 12.2 Å². The maximum absolute atomic E-state index is 12.5. The van der Waals surface area contributed by atoms with E-state index < -0.39 is 11.8 Å². The van der Waals surface area contributed by atoms with Crippen LogP contribution in [0.1, 0.15) is 17.1 Å². The summed E-state index contributed by atoms with van der Waals surface area (Å²) in [5, 5.41) is 5.28. The van der Waals surface area contributed by atoms with Crippen molar-refractivity contribution >= 4 is 24.0 Å². The van der Waals surface area contributed by atoms with Gasteiger partial charge in [0.15, 0.2) is 0 Å². The van der Waals surface area contributed by atoms with E-state index >= 15 is 0 Å². The van der Waals surface area contributed by atoms with Gasteiger partial charge >= 0.3 is 0 Å². The normalized spacial score (nSPS) is 11.5. The zero-order chi connectivity index (χ0) is 18.9. The van der Waals surface area contributed by atoms with Crippen LogP contribution in [0.5, 0.6) is 0 Å². The van der Waals surface area contributed by atoms with Crippen LogP contribution in [0.4, 0.5) is 0 Å². The number of carbonyl (C=O) groups is 2. The molecular weight excluding hydrogens is 344 g/mol. The largest absolute Gasteiger partial charge is 0.467 e. The van der Waals surface area contributed by atoms with Crippen LogP contribution in [0, 0.1) is 0 Å². The second-order valence-corrected chi connectivity index (χ2v) is 5.57. The SMILES string of the molecule is O=C(C=Cc1ccccc1)NC(=Cc1ccco1)C(=O)NCc1ccco1. The van der Waals surface area contributed by atoms with Gasteiger partial charge in [0, 0.05) is 12.2 Å². The van der Waals surface area contributed by atoms with Crippen molar-refractivity contribution in [1.29, 1.82) is 0 Å². The molecule has 0 fully saturated rings. The minimum Gasteiger partial charge on any atom is -0.467 e. The molecule has 0 saturated carbocycles. The highest BCUT2D eigenvalue weighted by Gasteiger charge is 2.13. The molecule has 0 bridgehead atoms. The molecule has 0 aliphatic rings. The maximum atomic E-state index is 12.5. The van der Waals surface area contributed by atoms with Gasteiger partial charge in [0.25, 0.3) is 5.91 Å². The molecule has 0 atom stereocenters. The van der Waals surface area contributed by atoms with Crippen molar-refractivity contribution in [3.05, 3.63) is 96.0 Å². The van der Waals surface area contributed by atoms with Gasteiger partial charge in [-0.25, -0.2) is 0 Å². The van der Waals surface area contributed by atoms with Crippen LogP contribution in [-0.2, 0) is 16.1 Å². The van der Waals surface area contributed by atoms with Gasteiger partial charge in [-0.15, -0.1) is 0 Å². The molecule has 0 spiro atoms. The Bertz CT molecular complexity index is 924. The molecule has 0 unspecified atom stereocenters. The van der Waals surface area contributed by atoms with E-state index in [0.717, 1.165) is 5.56 Å². The maximum Gasteiger partial charge on any atom is 0.268 e. The van der Waals surface area contributed by atoms with Gasteiger partial charge in [-0.2, -0.15) is 0 Å². The number of benzene rings is 1. The fraction of sp³-hybridized carbons (Fsp3) is 0.0476. The molecule has 0 aliphatic heterocycles. The van der Waals surface area contributed by atoms with Crippen LogP contribution < -0.4 is 10.6 Å². The molecule has 2 amide bonds. The van der Waals surface area contributed by atoms with Gasteiger partial charge in [-0.3, -0.25) is 9.59 Å². The molecule has 0 aliphatic carbocycles.